The Morgan fingerprint density at radius 2 is 1.82 bits per heavy atom. The molecule has 2 aliphatic rings. The van der Waals surface area contributed by atoms with Gasteiger partial charge in [-0.2, -0.15) is 13.2 Å². The standard InChI is InChI=1S/C19H21F3N2O4/c1-2-28-18(27)15-13(14(15)17(26)24-8-3-4-9-24)16(25)23-12-7-5-6-11(10-12)19(20,21)22/h5-7,10,13-15H,2-4,8-9H2,1H3,(H,23,25)/t13-,14-,15-/m0/s1. The molecule has 0 aromatic heterocycles. The lowest BCUT2D eigenvalue weighted by atomic mass is 10.2. The van der Waals surface area contributed by atoms with E-state index in [4.69, 9.17) is 4.74 Å². The first-order valence-corrected chi connectivity index (χ1v) is 9.17. The maximum atomic E-state index is 12.8. The van der Waals surface area contributed by atoms with E-state index in [9.17, 15) is 27.6 Å². The molecule has 1 N–H and O–H groups in total. The molecule has 3 rings (SSSR count). The zero-order valence-electron chi connectivity index (χ0n) is 15.3. The minimum atomic E-state index is -4.54. The average Bonchev–Trinajstić information content (AvgIpc) is 3.15. The number of esters is 1. The van der Waals surface area contributed by atoms with Gasteiger partial charge >= 0.3 is 12.1 Å². The third-order valence-electron chi connectivity index (χ3n) is 5.04. The smallest absolute Gasteiger partial charge is 0.416 e. The molecule has 9 heteroatoms. The summed E-state index contributed by atoms with van der Waals surface area (Å²) in [6.45, 7) is 2.89. The summed E-state index contributed by atoms with van der Waals surface area (Å²) in [5.74, 6) is -4.25. The molecule has 2 fully saturated rings. The fraction of sp³-hybridized carbons (Fsp3) is 0.526. The molecule has 2 amide bonds. The molecule has 0 bridgehead atoms. The highest BCUT2D eigenvalue weighted by atomic mass is 19.4. The molecule has 1 aliphatic carbocycles. The van der Waals surface area contributed by atoms with Gasteiger partial charge in [0.1, 0.15) is 0 Å². The predicted molar refractivity (Wildman–Crippen MR) is 93.0 cm³/mol. The number of hydrogen-bond donors (Lipinski definition) is 1. The second kappa shape index (κ2) is 7.81. The molecule has 1 aromatic carbocycles. The number of anilines is 1. The summed E-state index contributed by atoms with van der Waals surface area (Å²) in [6.07, 6.45) is -2.81. The number of hydrogen-bond acceptors (Lipinski definition) is 4. The maximum Gasteiger partial charge on any atom is 0.416 e. The Hall–Kier alpha value is -2.58. The van der Waals surface area contributed by atoms with Crippen molar-refractivity contribution < 1.29 is 32.3 Å². The number of carbonyl (C=O) groups excluding carboxylic acids is 3. The highest BCUT2D eigenvalue weighted by Crippen LogP contribution is 2.49. The van der Waals surface area contributed by atoms with Crippen LogP contribution in [0.2, 0.25) is 0 Å². The number of likely N-dealkylation sites (tertiary alicyclic amines) is 1. The third-order valence-corrected chi connectivity index (χ3v) is 5.04. The minimum Gasteiger partial charge on any atom is -0.466 e. The van der Waals surface area contributed by atoms with E-state index in [0.29, 0.717) is 13.1 Å². The number of benzene rings is 1. The molecule has 0 unspecified atom stereocenters. The minimum absolute atomic E-state index is 0.0401. The van der Waals surface area contributed by atoms with E-state index in [2.05, 4.69) is 5.32 Å². The van der Waals surface area contributed by atoms with E-state index in [-0.39, 0.29) is 18.2 Å². The second-order valence-electron chi connectivity index (χ2n) is 6.93. The highest BCUT2D eigenvalue weighted by Gasteiger charge is 2.64. The Kier molecular flexibility index (Phi) is 5.62. The van der Waals surface area contributed by atoms with Crippen molar-refractivity contribution >= 4 is 23.5 Å². The molecule has 28 heavy (non-hydrogen) atoms. The fourth-order valence-corrected chi connectivity index (χ4v) is 3.62. The number of amides is 2. The van der Waals surface area contributed by atoms with Crippen molar-refractivity contribution in [2.24, 2.45) is 17.8 Å². The number of nitrogens with zero attached hydrogens (tertiary/aromatic N) is 1. The third kappa shape index (κ3) is 4.13. The number of carbonyl (C=O) groups is 3. The molecule has 6 nitrogen and oxygen atoms in total. The maximum absolute atomic E-state index is 12.8. The molecule has 3 atom stereocenters. The quantitative estimate of drug-likeness (QED) is 0.774. The van der Waals surface area contributed by atoms with Gasteiger partial charge in [0.25, 0.3) is 0 Å². The normalized spacial score (nSPS) is 24.0. The second-order valence-corrected chi connectivity index (χ2v) is 6.93. The molecule has 152 valence electrons. The number of ether oxygens (including phenoxy) is 1. The van der Waals surface area contributed by atoms with Crippen molar-refractivity contribution in [1.82, 2.24) is 4.90 Å². The summed E-state index contributed by atoms with van der Waals surface area (Å²) < 4.78 is 43.5. The fourth-order valence-electron chi connectivity index (χ4n) is 3.62. The van der Waals surface area contributed by atoms with Crippen LogP contribution in [0, 0.1) is 17.8 Å². The van der Waals surface area contributed by atoms with Gasteiger partial charge in [-0.05, 0) is 38.0 Å². The van der Waals surface area contributed by atoms with Crippen LogP contribution in [0.5, 0.6) is 0 Å². The van der Waals surface area contributed by atoms with Crippen molar-refractivity contribution in [2.75, 3.05) is 25.0 Å². The highest BCUT2D eigenvalue weighted by molar-refractivity contribution is 6.05. The largest absolute Gasteiger partial charge is 0.466 e. The van der Waals surface area contributed by atoms with Gasteiger partial charge < -0.3 is 15.0 Å². The molecule has 1 aromatic rings. The van der Waals surface area contributed by atoms with Gasteiger partial charge in [0.05, 0.1) is 29.9 Å². The molecule has 1 aliphatic heterocycles. The van der Waals surface area contributed by atoms with Crippen LogP contribution >= 0.6 is 0 Å². The van der Waals surface area contributed by atoms with Crippen LogP contribution in [0.3, 0.4) is 0 Å². The van der Waals surface area contributed by atoms with Crippen molar-refractivity contribution in [3.8, 4) is 0 Å². The van der Waals surface area contributed by atoms with Gasteiger partial charge in [-0.1, -0.05) is 6.07 Å². The van der Waals surface area contributed by atoms with Crippen LogP contribution in [-0.2, 0) is 25.3 Å². The lowest BCUT2D eigenvalue weighted by Gasteiger charge is -2.15. The topological polar surface area (TPSA) is 75.7 Å². The Balaban J connectivity index is 1.74. The van der Waals surface area contributed by atoms with Crippen molar-refractivity contribution in [2.45, 2.75) is 25.9 Å². The Morgan fingerprint density at radius 3 is 2.43 bits per heavy atom. The molecular weight excluding hydrogens is 377 g/mol. The van der Waals surface area contributed by atoms with E-state index in [1.165, 1.54) is 12.1 Å². The first-order valence-electron chi connectivity index (χ1n) is 9.17. The summed E-state index contributed by atoms with van der Waals surface area (Å²) in [5, 5.41) is 2.40. The van der Waals surface area contributed by atoms with Crippen molar-refractivity contribution in [1.29, 1.82) is 0 Å². The van der Waals surface area contributed by atoms with Crippen LogP contribution in [0.15, 0.2) is 24.3 Å². The van der Waals surface area contributed by atoms with Crippen LogP contribution in [0.1, 0.15) is 25.3 Å². The van der Waals surface area contributed by atoms with Gasteiger partial charge in [-0.25, -0.2) is 0 Å². The molecule has 1 saturated heterocycles. The number of rotatable bonds is 5. The van der Waals surface area contributed by atoms with Crippen LogP contribution in [0.4, 0.5) is 18.9 Å². The monoisotopic (exact) mass is 398 g/mol. The van der Waals surface area contributed by atoms with E-state index in [0.717, 1.165) is 25.0 Å². The Morgan fingerprint density at radius 1 is 1.14 bits per heavy atom. The van der Waals surface area contributed by atoms with Crippen molar-refractivity contribution in [3.63, 3.8) is 0 Å². The zero-order chi connectivity index (χ0) is 20.5. The van der Waals surface area contributed by atoms with Crippen molar-refractivity contribution in [3.05, 3.63) is 29.8 Å². The first kappa shape index (κ1) is 20.2. The lowest BCUT2D eigenvalue weighted by molar-refractivity contribution is -0.147. The van der Waals surface area contributed by atoms with Gasteiger partial charge in [0.2, 0.25) is 11.8 Å². The van der Waals surface area contributed by atoms with Gasteiger partial charge in [-0.15, -0.1) is 0 Å². The van der Waals surface area contributed by atoms with E-state index < -0.39 is 41.4 Å². The summed E-state index contributed by atoms with van der Waals surface area (Å²) in [6, 6.07) is 4.22. The van der Waals surface area contributed by atoms with E-state index in [1.807, 2.05) is 0 Å². The Labute approximate surface area is 160 Å². The summed E-state index contributed by atoms with van der Waals surface area (Å²) >= 11 is 0. The van der Waals surface area contributed by atoms with E-state index in [1.54, 1.807) is 11.8 Å². The molecule has 0 radical (unpaired) electrons. The van der Waals surface area contributed by atoms with Gasteiger partial charge in [0, 0.05) is 18.8 Å². The lowest BCUT2D eigenvalue weighted by Crippen LogP contribution is -2.31. The van der Waals surface area contributed by atoms with Crippen LogP contribution in [-0.4, -0.2) is 42.4 Å². The predicted octanol–water partition coefficient (Wildman–Crippen LogP) is 2.69. The number of nitrogens with one attached hydrogen (secondary N) is 1. The Bertz CT molecular complexity index is 775. The summed E-state index contributed by atoms with van der Waals surface area (Å²) in [4.78, 5) is 39.1. The zero-order valence-corrected chi connectivity index (χ0v) is 15.3. The van der Waals surface area contributed by atoms with Gasteiger partial charge in [0.15, 0.2) is 0 Å². The summed E-state index contributed by atoms with van der Waals surface area (Å²) in [5.41, 5.74) is -0.936. The average molecular weight is 398 g/mol. The van der Waals surface area contributed by atoms with Gasteiger partial charge in [-0.3, -0.25) is 14.4 Å². The molecule has 0 spiro atoms. The van der Waals surface area contributed by atoms with Crippen LogP contribution < -0.4 is 5.32 Å². The summed E-state index contributed by atoms with van der Waals surface area (Å²) in [7, 11) is 0. The first-order chi connectivity index (χ1) is 13.2. The SMILES string of the molecule is CCOC(=O)[C@H]1[C@@H](C(=O)Nc2cccc(C(F)(F)F)c2)[C@@H]1C(=O)N1CCCC1. The van der Waals surface area contributed by atoms with E-state index >= 15 is 0 Å². The molecule has 1 heterocycles. The number of alkyl halides is 3. The molecule has 1 saturated carbocycles. The molecular formula is C19H21F3N2O4. The van der Waals surface area contributed by atoms with Crippen LogP contribution in [0.25, 0.3) is 0 Å². The number of halogens is 3.